The third-order valence-corrected chi connectivity index (χ3v) is 6.53. The van der Waals surface area contributed by atoms with Crippen LogP contribution in [-0.4, -0.2) is 84.9 Å². The number of nitrogens with zero attached hydrogens (tertiary/aromatic N) is 3. The van der Waals surface area contributed by atoms with E-state index in [0.717, 1.165) is 65.1 Å². The maximum absolute atomic E-state index is 12.5. The molecule has 3 rings (SSSR count). The number of hydrogen-bond acceptors (Lipinski definition) is 4. The first-order valence-corrected chi connectivity index (χ1v) is 11.3. The van der Waals surface area contributed by atoms with Gasteiger partial charge in [-0.25, -0.2) is 0 Å². The van der Waals surface area contributed by atoms with Gasteiger partial charge in [0.25, 0.3) is 0 Å². The van der Waals surface area contributed by atoms with E-state index in [1.165, 1.54) is 37.7 Å². The predicted octanol–water partition coefficient (Wildman–Crippen LogP) is 2.01. The molecule has 2 heterocycles. The molecule has 0 aromatic heterocycles. The van der Waals surface area contributed by atoms with Gasteiger partial charge in [0.05, 0.1) is 12.6 Å². The number of amides is 2. The fourth-order valence-corrected chi connectivity index (χ4v) is 4.53. The minimum absolute atomic E-state index is 0.0970. The van der Waals surface area contributed by atoms with E-state index in [0.29, 0.717) is 6.54 Å². The first kappa shape index (κ1) is 21.3. The minimum Gasteiger partial charge on any atom is -0.354 e. The molecule has 2 fully saturated rings. The zero-order valence-electron chi connectivity index (χ0n) is 17.6. The second-order valence-corrected chi connectivity index (χ2v) is 8.58. The van der Waals surface area contributed by atoms with Gasteiger partial charge in [0.1, 0.15) is 0 Å². The smallest absolute Gasteiger partial charge is 0.237 e. The van der Waals surface area contributed by atoms with Gasteiger partial charge in [0.15, 0.2) is 0 Å². The van der Waals surface area contributed by atoms with E-state index in [-0.39, 0.29) is 17.9 Å². The number of allylic oxidation sites excluding steroid dienone is 1. The molecule has 0 spiro atoms. The van der Waals surface area contributed by atoms with Crippen LogP contribution in [0.4, 0.5) is 0 Å². The highest BCUT2D eigenvalue weighted by atomic mass is 16.2. The maximum Gasteiger partial charge on any atom is 0.237 e. The number of carbonyl (C=O) groups is 2. The Balaban J connectivity index is 1.33. The van der Waals surface area contributed by atoms with Gasteiger partial charge in [-0.2, -0.15) is 0 Å². The van der Waals surface area contributed by atoms with E-state index in [1.807, 2.05) is 11.8 Å². The van der Waals surface area contributed by atoms with Gasteiger partial charge in [-0.15, -0.1) is 0 Å². The molecule has 6 nitrogen and oxygen atoms in total. The molecule has 3 aliphatic rings. The van der Waals surface area contributed by atoms with Crippen molar-refractivity contribution in [2.45, 2.75) is 64.3 Å². The third-order valence-electron chi connectivity index (χ3n) is 6.53. The Kier molecular flexibility index (Phi) is 8.34. The normalized spacial score (nSPS) is 23.2. The van der Waals surface area contributed by atoms with E-state index >= 15 is 0 Å². The number of rotatable bonds is 7. The SMILES string of the molecule is CC(C(=O)NCCC1=CCCCC1)N1CCN(CC(=O)N2CCCCC2)CC1. The molecule has 2 amide bonds. The summed E-state index contributed by atoms with van der Waals surface area (Å²) in [5.74, 6) is 0.408. The molecule has 6 heteroatoms. The number of nitrogens with one attached hydrogen (secondary N) is 1. The molecule has 0 aromatic carbocycles. The molecule has 0 aromatic rings. The number of piperazine rings is 1. The highest BCUT2D eigenvalue weighted by molar-refractivity contribution is 5.81. The van der Waals surface area contributed by atoms with Crippen molar-refractivity contribution in [2.75, 3.05) is 52.4 Å². The summed E-state index contributed by atoms with van der Waals surface area (Å²) in [5, 5.41) is 3.12. The molecule has 158 valence electrons. The Labute approximate surface area is 170 Å². The average Bonchev–Trinajstić information content (AvgIpc) is 2.75. The maximum atomic E-state index is 12.5. The molecule has 0 saturated carbocycles. The molecule has 1 unspecified atom stereocenters. The number of carbonyl (C=O) groups excluding carboxylic acids is 2. The summed E-state index contributed by atoms with van der Waals surface area (Å²) in [6.45, 7) is 8.57. The van der Waals surface area contributed by atoms with Crippen LogP contribution in [0.15, 0.2) is 11.6 Å². The topological polar surface area (TPSA) is 55.9 Å². The summed E-state index contributed by atoms with van der Waals surface area (Å²) < 4.78 is 0. The quantitative estimate of drug-likeness (QED) is 0.676. The lowest BCUT2D eigenvalue weighted by molar-refractivity contribution is -0.134. The van der Waals surface area contributed by atoms with Crippen molar-refractivity contribution >= 4 is 11.8 Å². The summed E-state index contributed by atoms with van der Waals surface area (Å²) in [4.78, 5) is 31.5. The van der Waals surface area contributed by atoms with Crippen LogP contribution < -0.4 is 5.32 Å². The van der Waals surface area contributed by atoms with E-state index in [9.17, 15) is 9.59 Å². The van der Waals surface area contributed by atoms with E-state index < -0.39 is 0 Å². The van der Waals surface area contributed by atoms with Crippen molar-refractivity contribution in [3.05, 3.63) is 11.6 Å². The van der Waals surface area contributed by atoms with E-state index in [1.54, 1.807) is 0 Å². The lowest BCUT2D eigenvalue weighted by Crippen LogP contribution is -2.55. The van der Waals surface area contributed by atoms with Crippen LogP contribution in [0.25, 0.3) is 0 Å². The lowest BCUT2D eigenvalue weighted by atomic mass is 9.97. The van der Waals surface area contributed by atoms with Gasteiger partial charge >= 0.3 is 0 Å². The monoisotopic (exact) mass is 390 g/mol. The average molecular weight is 391 g/mol. The van der Waals surface area contributed by atoms with Crippen LogP contribution in [0, 0.1) is 0 Å². The van der Waals surface area contributed by atoms with Gasteiger partial charge in [0.2, 0.25) is 11.8 Å². The van der Waals surface area contributed by atoms with E-state index in [4.69, 9.17) is 0 Å². The molecule has 1 atom stereocenters. The second-order valence-electron chi connectivity index (χ2n) is 8.58. The van der Waals surface area contributed by atoms with Crippen molar-refractivity contribution in [3.8, 4) is 0 Å². The lowest BCUT2D eigenvalue weighted by Gasteiger charge is -2.38. The van der Waals surface area contributed by atoms with Gasteiger partial charge in [-0.05, 0) is 58.3 Å². The Hall–Kier alpha value is -1.40. The van der Waals surface area contributed by atoms with Gasteiger partial charge in [0, 0.05) is 45.8 Å². The zero-order valence-corrected chi connectivity index (χ0v) is 17.6. The van der Waals surface area contributed by atoms with Gasteiger partial charge in [-0.1, -0.05) is 11.6 Å². The Morgan fingerprint density at radius 1 is 1.00 bits per heavy atom. The van der Waals surface area contributed by atoms with Crippen molar-refractivity contribution < 1.29 is 9.59 Å². The number of hydrogen-bond donors (Lipinski definition) is 1. The molecule has 2 aliphatic heterocycles. The molecule has 0 radical (unpaired) electrons. The summed E-state index contributed by atoms with van der Waals surface area (Å²) in [6.07, 6.45) is 11.9. The highest BCUT2D eigenvalue weighted by Crippen LogP contribution is 2.19. The minimum atomic E-state index is -0.0970. The van der Waals surface area contributed by atoms with E-state index in [2.05, 4.69) is 21.2 Å². The molecule has 2 saturated heterocycles. The van der Waals surface area contributed by atoms with Crippen molar-refractivity contribution in [1.82, 2.24) is 20.0 Å². The summed E-state index contributed by atoms with van der Waals surface area (Å²) in [6, 6.07) is -0.0970. The molecule has 1 N–H and O–H groups in total. The number of likely N-dealkylation sites (tertiary alicyclic amines) is 1. The molecule has 1 aliphatic carbocycles. The molecular formula is C22H38N4O2. The standard InChI is InChI=1S/C22H38N4O2/c1-19(22(28)23-11-10-20-8-4-2-5-9-20)25-16-14-24(15-17-25)18-21(27)26-12-6-3-7-13-26/h8,19H,2-7,9-18H2,1H3,(H,23,28). The van der Waals surface area contributed by atoms with Crippen molar-refractivity contribution in [3.63, 3.8) is 0 Å². The Bertz CT molecular complexity index is 549. The Morgan fingerprint density at radius 3 is 2.43 bits per heavy atom. The van der Waals surface area contributed by atoms with Crippen molar-refractivity contribution in [2.24, 2.45) is 0 Å². The summed E-state index contributed by atoms with van der Waals surface area (Å²) in [5.41, 5.74) is 1.51. The van der Waals surface area contributed by atoms with Crippen LogP contribution in [0.5, 0.6) is 0 Å². The van der Waals surface area contributed by atoms with Crippen LogP contribution in [-0.2, 0) is 9.59 Å². The fraction of sp³-hybridized carbons (Fsp3) is 0.818. The van der Waals surface area contributed by atoms with Crippen LogP contribution >= 0.6 is 0 Å². The van der Waals surface area contributed by atoms with Gasteiger partial charge < -0.3 is 10.2 Å². The zero-order chi connectivity index (χ0) is 19.8. The fourth-order valence-electron chi connectivity index (χ4n) is 4.53. The second kappa shape index (κ2) is 11.0. The summed E-state index contributed by atoms with van der Waals surface area (Å²) in [7, 11) is 0. The Morgan fingerprint density at radius 2 is 1.75 bits per heavy atom. The van der Waals surface area contributed by atoms with Crippen molar-refractivity contribution in [1.29, 1.82) is 0 Å². The third kappa shape index (κ3) is 6.31. The van der Waals surface area contributed by atoms with Crippen LogP contribution in [0.2, 0.25) is 0 Å². The first-order chi connectivity index (χ1) is 13.6. The molecular weight excluding hydrogens is 352 g/mol. The molecule has 28 heavy (non-hydrogen) atoms. The predicted molar refractivity (Wildman–Crippen MR) is 112 cm³/mol. The highest BCUT2D eigenvalue weighted by Gasteiger charge is 2.27. The van der Waals surface area contributed by atoms with Crippen LogP contribution in [0.1, 0.15) is 58.3 Å². The summed E-state index contributed by atoms with van der Waals surface area (Å²) >= 11 is 0. The number of piperidine rings is 1. The van der Waals surface area contributed by atoms with Gasteiger partial charge in [-0.3, -0.25) is 19.4 Å². The largest absolute Gasteiger partial charge is 0.354 e. The first-order valence-electron chi connectivity index (χ1n) is 11.3. The molecule has 0 bridgehead atoms. The van der Waals surface area contributed by atoms with Crippen LogP contribution in [0.3, 0.4) is 0 Å².